The number of hydrogen-bond acceptors (Lipinski definition) is 3. The predicted molar refractivity (Wildman–Crippen MR) is 70.8 cm³/mol. The summed E-state index contributed by atoms with van der Waals surface area (Å²) in [7, 11) is 0. The van der Waals surface area contributed by atoms with Gasteiger partial charge in [0.05, 0.1) is 16.3 Å². The molecular weight excluding hydrogens is 216 g/mol. The van der Waals surface area contributed by atoms with Gasteiger partial charge in [-0.05, 0) is 26.0 Å². The largest absolute Gasteiger partial charge is 0.302 e. The molecule has 2 rings (SSSR count). The maximum Gasteiger partial charge on any atom is 0.111 e. The molecule has 0 aliphatic heterocycles. The van der Waals surface area contributed by atoms with Gasteiger partial charge < -0.3 is 5.32 Å². The van der Waals surface area contributed by atoms with Crippen LogP contribution in [0.2, 0.25) is 0 Å². The van der Waals surface area contributed by atoms with E-state index < -0.39 is 0 Å². The zero-order valence-electron chi connectivity index (χ0n) is 9.60. The molecular formula is C13H16N2S. The number of thiazole rings is 1. The van der Waals surface area contributed by atoms with Crippen LogP contribution in [-0.2, 0) is 0 Å². The molecule has 2 atom stereocenters. The third kappa shape index (κ3) is 2.31. The van der Waals surface area contributed by atoms with Gasteiger partial charge in [-0.15, -0.1) is 17.9 Å². The van der Waals surface area contributed by atoms with E-state index in [4.69, 9.17) is 0 Å². The Hall–Kier alpha value is -1.19. The van der Waals surface area contributed by atoms with Crippen LogP contribution in [0.4, 0.5) is 0 Å². The maximum atomic E-state index is 4.62. The first-order valence-corrected chi connectivity index (χ1v) is 6.26. The van der Waals surface area contributed by atoms with Gasteiger partial charge in [0.15, 0.2) is 0 Å². The van der Waals surface area contributed by atoms with Crippen molar-refractivity contribution in [3.63, 3.8) is 0 Å². The summed E-state index contributed by atoms with van der Waals surface area (Å²) in [4.78, 5) is 4.62. The smallest absolute Gasteiger partial charge is 0.111 e. The Labute approximate surface area is 100 Å². The molecule has 0 radical (unpaired) electrons. The van der Waals surface area contributed by atoms with Crippen LogP contribution in [0.25, 0.3) is 10.2 Å². The SMILES string of the molecule is C=CC(C)NC(C)c1nc2ccccc2s1. The van der Waals surface area contributed by atoms with Gasteiger partial charge >= 0.3 is 0 Å². The molecule has 0 saturated heterocycles. The predicted octanol–water partition coefficient (Wildman–Crippen LogP) is 3.52. The first-order chi connectivity index (χ1) is 7.70. The van der Waals surface area contributed by atoms with Gasteiger partial charge in [0.1, 0.15) is 5.01 Å². The highest BCUT2D eigenvalue weighted by Gasteiger charge is 2.12. The summed E-state index contributed by atoms with van der Waals surface area (Å²) in [5.41, 5.74) is 1.09. The van der Waals surface area contributed by atoms with Crippen molar-refractivity contribution in [1.82, 2.24) is 10.3 Å². The Bertz CT molecular complexity index is 456. The van der Waals surface area contributed by atoms with Crippen molar-refractivity contribution in [3.05, 3.63) is 41.9 Å². The summed E-state index contributed by atoms with van der Waals surface area (Å²) in [5, 5.41) is 4.57. The van der Waals surface area contributed by atoms with Crippen LogP contribution in [0.3, 0.4) is 0 Å². The van der Waals surface area contributed by atoms with Crippen LogP contribution in [0.15, 0.2) is 36.9 Å². The molecule has 0 aliphatic rings. The molecule has 0 amide bonds. The van der Waals surface area contributed by atoms with Crippen molar-refractivity contribution in [2.24, 2.45) is 0 Å². The molecule has 1 heterocycles. The Balaban J connectivity index is 2.22. The van der Waals surface area contributed by atoms with Crippen LogP contribution in [0.1, 0.15) is 24.9 Å². The van der Waals surface area contributed by atoms with Crippen molar-refractivity contribution in [2.45, 2.75) is 25.9 Å². The number of hydrogen-bond donors (Lipinski definition) is 1. The van der Waals surface area contributed by atoms with Crippen LogP contribution in [0.5, 0.6) is 0 Å². The third-order valence-corrected chi connectivity index (χ3v) is 3.77. The Morgan fingerprint density at radius 2 is 2.12 bits per heavy atom. The monoisotopic (exact) mass is 232 g/mol. The number of fused-ring (bicyclic) bond motifs is 1. The Morgan fingerprint density at radius 3 is 2.81 bits per heavy atom. The first-order valence-electron chi connectivity index (χ1n) is 5.45. The van der Waals surface area contributed by atoms with Gasteiger partial charge in [-0.25, -0.2) is 4.98 Å². The lowest BCUT2D eigenvalue weighted by Crippen LogP contribution is -2.26. The molecule has 1 aromatic heterocycles. The first kappa shape index (κ1) is 11.3. The van der Waals surface area contributed by atoms with Crippen molar-refractivity contribution in [1.29, 1.82) is 0 Å². The maximum absolute atomic E-state index is 4.62. The Morgan fingerprint density at radius 1 is 1.38 bits per heavy atom. The van der Waals surface area contributed by atoms with Crippen LogP contribution >= 0.6 is 11.3 Å². The second-order valence-electron chi connectivity index (χ2n) is 3.93. The fourth-order valence-electron chi connectivity index (χ4n) is 1.61. The molecule has 2 aromatic rings. The zero-order valence-corrected chi connectivity index (χ0v) is 10.4. The number of rotatable bonds is 4. The van der Waals surface area contributed by atoms with E-state index in [-0.39, 0.29) is 6.04 Å². The molecule has 0 spiro atoms. The van der Waals surface area contributed by atoms with Crippen molar-refractivity contribution in [3.8, 4) is 0 Å². The highest BCUT2D eigenvalue weighted by molar-refractivity contribution is 7.18. The molecule has 0 saturated carbocycles. The van der Waals surface area contributed by atoms with Crippen LogP contribution < -0.4 is 5.32 Å². The summed E-state index contributed by atoms with van der Waals surface area (Å²) in [6.45, 7) is 8.00. The summed E-state index contributed by atoms with van der Waals surface area (Å²) in [6, 6.07) is 8.82. The fourth-order valence-corrected chi connectivity index (χ4v) is 2.59. The average molecular weight is 232 g/mol. The van der Waals surface area contributed by atoms with Crippen LogP contribution in [-0.4, -0.2) is 11.0 Å². The Kier molecular flexibility index (Phi) is 3.36. The second-order valence-corrected chi connectivity index (χ2v) is 4.99. The number of benzene rings is 1. The van der Waals surface area contributed by atoms with E-state index in [1.807, 2.05) is 12.1 Å². The van der Waals surface area contributed by atoms with Gasteiger partial charge in [-0.1, -0.05) is 18.2 Å². The minimum atomic E-state index is 0.269. The van der Waals surface area contributed by atoms with E-state index >= 15 is 0 Å². The van der Waals surface area contributed by atoms with Gasteiger partial charge in [-0.3, -0.25) is 0 Å². The standard InChI is InChI=1S/C13H16N2S/c1-4-9(2)14-10(3)13-15-11-7-5-6-8-12(11)16-13/h4-10,14H,1H2,2-3H3. The van der Waals surface area contributed by atoms with Crippen molar-refractivity contribution in [2.75, 3.05) is 0 Å². The molecule has 0 fully saturated rings. The number of para-hydroxylation sites is 1. The quantitative estimate of drug-likeness (QED) is 0.816. The van der Waals surface area contributed by atoms with Crippen molar-refractivity contribution >= 4 is 21.6 Å². The zero-order chi connectivity index (χ0) is 11.5. The molecule has 84 valence electrons. The molecule has 0 aliphatic carbocycles. The number of nitrogens with one attached hydrogen (secondary N) is 1. The molecule has 1 N–H and O–H groups in total. The second kappa shape index (κ2) is 4.76. The average Bonchev–Trinajstić information content (AvgIpc) is 2.72. The van der Waals surface area contributed by atoms with E-state index in [9.17, 15) is 0 Å². The van der Waals surface area contributed by atoms with E-state index in [0.29, 0.717) is 6.04 Å². The summed E-state index contributed by atoms with van der Waals surface area (Å²) < 4.78 is 1.25. The molecule has 0 bridgehead atoms. The van der Waals surface area contributed by atoms with Gasteiger partial charge in [-0.2, -0.15) is 0 Å². The van der Waals surface area contributed by atoms with Crippen molar-refractivity contribution < 1.29 is 0 Å². The van der Waals surface area contributed by atoms with E-state index in [1.165, 1.54) is 4.70 Å². The molecule has 16 heavy (non-hydrogen) atoms. The molecule has 1 aromatic carbocycles. The highest BCUT2D eigenvalue weighted by atomic mass is 32.1. The van der Waals surface area contributed by atoms with E-state index in [2.05, 4.69) is 48.9 Å². The van der Waals surface area contributed by atoms with E-state index in [0.717, 1.165) is 10.5 Å². The lowest BCUT2D eigenvalue weighted by atomic mass is 10.2. The van der Waals surface area contributed by atoms with Gasteiger partial charge in [0, 0.05) is 6.04 Å². The van der Waals surface area contributed by atoms with E-state index in [1.54, 1.807) is 11.3 Å². The molecule has 3 heteroatoms. The molecule has 2 unspecified atom stereocenters. The van der Waals surface area contributed by atoms with Crippen LogP contribution in [0, 0.1) is 0 Å². The highest BCUT2D eigenvalue weighted by Crippen LogP contribution is 2.26. The lowest BCUT2D eigenvalue weighted by Gasteiger charge is -2.14. The number of nitrogens with zero attached hydrogens (tertiary/aromatic N) is 1. The fraction of sp³-hybridized carbons (Fsp3) is 0.308. The van der Waals surface area contributed by atoms with Gasteiger partial charge in [0.2, 0.25) is 0 Å². The third-order valence-electron chi connectivity index (χ3n) is 2.55. The number of aromatic nitrogens is 1. The lowest BCUT2D eigenvalue weighted by molar-refractivity contribution is 0.536. The summed E-state index contributed by atoms with van der Waals surface area (Å²) in [5.74, 6) is 0. The minimum Gasteiger partial charge on any atom is -0.302 e. The minimum absolute atomic E-state index is 0.269. The normalized spacial score (nSPS) is 14.9. The summed E-state index contributed by atoms with van der Waals surface area (Å²) in [6.07, 6.45) is 1.91. The summed E-state index contributed by atoms with van der Waals surface area (Å²) >= 11 is 1.75. The topological polar surface area (TPSA) is 24.9 Å². The van der Waals surface area contributed by atoms with Gasteiger partial charge in [0.25, 0.3) is 0 Å². The molecule has 2 nitrogen and oxygen atoms in total.